The Labute approximate surface area is 98.9 Å². The Morgan fingerprint density at radius 2 is 2.35 bits per heavy atom. The molecule has 0 spiro atoms. The number of hydrogen-bond acceptors (Lipinski definition) is 4. The van der Waals surface area contributed by atoms with Crippen LogP contribution >= 0.6 is 0 Å². The molecule has 92 valence electrons. The summed E-state index contributed by atoms with van der Waals surface area (Å²) in [5.74, 6) is -0.0993. The van der Waals surface area contributed by atoms with Gasteiger partial charge in [0, 0.05) is 27.1 Å². The highest BCUT2D eigenvalue weighted by Crippen LogP contribution is 1.94. The van der Waals surface area contributed by atoms with Crippen molar-refractivity contribution >= 4 is 5.91 Å². The highest BCUT2D eigenvalue weighted by Gasteiger charge is 2.09. The minimum Gasteiger partial charge on any atom is -0.345 e. The number of nitriles is 1. The standard InChI is InChI=1S/C10H15N5O2/c1-13(6-3-5-11)9(16)4-7-15-10(17)14(2)8-12-15/h8H,3-4,6-7H2,1-2H3. The van der Waals surface area contributed by atoms with Gasteiger partial charge < -0.3 is 4.90 Å². The van der Waals surface area contributed by atoms with Gasteiger partial charge in [-0.05, 0) is 0 Å². The molecule has 1 heterocycles. The molecule has 0 radical (unpaired) electrons. The molecule has 0 bridgehead atoms. The molecule has 0 saturated carbocycles. The van der Waals surface area contributed by atoms with Crippen molar-refractivity contribution in [3.8, 4) is 6.07 Å². The van der Waals surface area contributed by atoms with Gasteiger partial charge in [0.1, 0.15) is 6.33 Å². The fourth-order valence-electron chi connectivity index (χ4n) is 1.31. The van der Waals surface area contributed by atoms with Crippen molar-refractivity contribution in [3.05, 3.63) is 16.8 Å². The van der Waals surface area contributed by atoms with E-state index in [1.807, 2.05) is 6.07 Å². The summed E-state index contributed by atoms with van der Waals surface area (Å²) in [6, 6.07) is 1.97. The largest absolute Gasteiger partial charge is 0.345 e. The summed E-state index contributed by atoms with van der Waals surface area (Å²) in [7, 11) is 3.24. The maximum absolute atomic E-state index is 11.6. The van der Waals surface area contributed by atoms with E-state index in [0.717, 1.165) is 0 Å². The zero-order chi connectivity index (χ0) is 12.8. The van der Waals surface area contributed by atoms with Crippen LogP contribution in [-0.4, -0.2) is 38.7 Å². The Kier molecular flexibility index (Phi) is 4.46. The Morgan fingerprint density at radius 1 is 1.65 bits per heavy atom. The Bertz CT molecular complexity index is 482. The summed E-state index contributed by atoms with van der Waals surface area (Å²) >= 11 is 0. The quantitative estimate of drug-likeness (QED) is 0.680. The van der Waals surface area contributed by atoms with E-state index >= 15 is 0 Å². The number of nitrogens with zero attached hydrogens (tertiary/aromatic N) is 5. The van der Waals surface area contributed by atoms with E-state index in [-0.39, 0.29) is 24.6 Å². The second-order valence-electron chi connectivity index (χ2n) is 3.72. The van der Waals surface area contributed by atoms with Gasteiger partial charge in [0.05, 0.1) is 19.0 Å². The van der Waals surface area contributed by atoms with E-state index in [0.29, 0.717) is 13.0 Å². The molecule has 0 atom stereocenters. The highest BCUT2D eigenvalue weighted by molar-refractivity contribution is 5.75. The van der Waals surface area contributed by atoms with Gasteiger partial charge in [0.2, 0.25) is 5.91 Å². The Hall–Kier alpha value is -2.10. The third-order valence-electron chi connectivity index (χ3n) is 2.41. The predicted molar refractivity (Wildman–Crippen MR) is 60.0 cm³/mol. The molecule has 0 aliphatic heterocycles. The SMILES string of the molecule is CN(CCC#N)C(=O)CCn1ncn(C)c1=O. The third-order valence-corrected chi connectivity index (χ3v) is 2.41. The lowest BCUT2D eigenvalue weighted by Crippen LogP contribution is -2.30. The van der Waals surface area contributed by atoms with Crippen molar-refractivity contribution in [1.29, 1.82) is 5.26 Å². The minimum atomic E-state index is -0.238. The maximum atomic E-state index is 11.6. The number of hydrogen-bond donors (Lipinski definition) is 0. The molecule has 1 aromatic rings. The maximum Gasteiger partial charge on any atom is 0.345 e. The summed E-state index contributed by atoms with van der Waals surface area (Å²) in [6.45, 7) is 0.669. The number of carbonyl (C=O) groups excluding carboxylic acids is 1. The summed E-state index contributed by atoms with van der Waals surface area (Å²) in [4.78, 5) is 24.5. The summed E-state index contributed by atoms with van der Waals surface area (Å²) < 4.78 is 2.60. The average Bonchev–Trinajstić information content (AvgIpc) is 2.64. The highest BCUT2D eigenvalue weighted by atomic mass is 16.2. The topological polar surface area (TPSA) is 83.9 Å². The fraction of sp³-hybridized carbons (Fsp3) is 0.600. The zero-order valence-electron chi connectivity index (χ0n) is 9.96. The van der Waals surface area contributed by atoms with Crippen LogP contribution in [0.1, 0.15) is 12.8 Å². The van der Waals surface area contributed by atoms with E-state index in [1.165, 1.54) is 20.5 Å². The molecule has 7 nitrogen and oxygen atoms in total. The first kappa shape index (κ1) is 13.0. The van der Waals surface area contributed by atoms with Crippen molar-refractivity contribution in [2.24, 2.45) is 7.05 Å². The van der Waals surface area contributed by atoms with Crippen LogP contribution in [0, 0.1) is 11.3 Å². The summed E-state index contributed by atoms with van der Waals surface area (Å²) in [5.41, 5.74) is -0.238. The van der Waals surface area contributed by atoms with Gasteiger partial charge in [-0.3, -0.25) is 9.36 Å². The summed E-state index contributed by atoms with van der Waals surface area (Å²) in [5, 5.41) is 12.3. The van der Waals surface area contributed by atoms with E-state index in [1.54, 1.807) is 14.1 Å². The average molecular weight is 237 g/mol. The molecule has 1 amide bonds. The van der Waals surface area contributed by atoms with E-state index < -0.39 is 0 Å². The Morgan fingerprint density at radius 3 is 2.88 bits per heavy atom. The molecular formula is C10H15N5O2. The fourth-order valence-corrected chi connectivity index (χ4v) is 1.31. The molecule has 1 rings (SSSR count). The molecule has 0 unspecified atom stereocenters. The van der Waals surface area contributed by atoms with Crippen molar-refractivity contribution in [3.63, 3.8) is 0 Å². The third kappa shape index (κ3) is 3.45. The van der Waals surface area contributed by atoms with Gasteiger partial charge in [-0.15, -0.1) is 0 Å². The lowest BCUT2D eigenvalue weighted by Gasteiger charge is -2.14. The van der Waals surface area contributed by atoms with Crippen LogP contribution in [-0.2, 0) is 18.4 Å². The number of aromatic nitrogens is 3. The van der Waals surface area contributed by atoms with Crippen LogP contribution < -0.4 is 5.69 Å². The summed E-state index contributed by atoms with van der Waals surface area (Å²) in [6.07, 6.45) is 1.93. The molecule has 1 aromatic heterocycles. The van der Waals surface area contributed by atoms with E-state index in [4.69, 9.17) is 5.26 Å². The second kappa shape index (κ2) is 5.84. The van der Waals surface area contributed by atoms with Crippen LogP contribution in [0.15, 0.2) is 11.1 Å². The number of rotatable bonds is 5. The lowest BCUT2D eigenvalue weighted by atomic mass is 10.3. The van der Waals surface area contributed by atoms with Crippen molar-refractivity contribution in [2.45, 2.75) is 19.4 Å². The number of amides is 1. The van der Waals surface area contributed by atoms with Crippen LogP contribution in [0.25, 0.3) is 0 Å². The van der Waals surface area contributed by atoms with E-state index in [2.05, 4.69) is 5.10 Å². The molecule has 17 heavy (non-hydrogen) atoms. The first-order chi connectivity index (χ1) is 8.06. The number of aryl methyl sites for hydroxylation is 2. The first-order valence-electron chi connectivity index (χ1n) is 5.25. The van der Waals surface area contributed by atoms with Crippen LogP contribution in [0.2, 0.25) is 0 Å². The molecular weight excluding hydrogens is 222 g/mol. The van der Waals surface area contributed by atoms with E-state index in [9.17, 15) is 9.59 Å². The number of carbonyl (C=O) groups is 1. The lowest BCUT2D eigenvalue weighted by molar-refractivity contribution is -0.130. The smallest absolute Gasteiger partial charge is 0.345 e. The molecule has 7 heteroatoms. The van der Waals surface area contributed by atoms with Crippen molar-refractivity contribution in [1.82, 2.24) is 19.2 Å². The van der Waals surface area contributed by atoms with Gasteiger partial charge in [-0.1, -0.05) is 0 Å². The molecule has 0 aromatic carbocycles. The zero-order valence-corrected chi connectivity index (χ0v) is 9.96. The monoisotopic (exact) mass is 237 g/mol. The van der Waals surface area contributed by atoms with Crippen LogP contribution in [0.3, 0.4) is 0 Å². The normalized spacial score (nSPS) is 9.94. The predicted octanol–water partition coefficient (Wildman–Crippen LogP) is -0.656. The first-order valence-corrected chi connectivity index (χ1v) is 5.25. The van der Waals surface area contributed by atoms with Crippen LogP contribution in [0.5, 0.6) is 0 Å². The van der Waals surface area contributed by atoms with Crippen molar-refractivity contribution < 1.29 is 4.79 Å². The molecule has 0 aliphatic rings. The molecule has 0 N–H and O–H groups in total. The minimum absolute atomic E-state index is 0.0993. The second-order valence-corrected chi connectivity index (χ2v) is 3.72. The molecule has 0 aliphatic carbocycles. The van der Waals surface area contributed by atoms with Gasteiger partial charge in [-0.2, -0.15) is 10.4 Å². The van der Waals surface area contributed by atoms with Crippen LogP contribution in [0.4, 0.5) is 0 Å². The molecule has 0 saturated heterocycles. The van der Waals surface area contributed by atoms with Crippen molar-refractivity contribution in [2.75, 3.05) is 13.6 Å². The van der Waals surface area contributed by atoms with Gasteiger partial charge in [0.25, 0.3) is 0 Å². The van der Waals surface area contributed by atoms with Gasteiger partial charge in [-0.25, -0.2) is 9.48 Å². The van der Waals surface area contributed by atoms with Gasteiger partial charge >= 0.3 is 5.69 Å². The molecule has 0 fully saturated rings. The Balaban J connectivity index is 2.46. The van der Waals surface area contributed by atoms with Gasteiger partial charge in [0.15, 0.2) is 0 Å².